The number of carboxylic acid groups (broad SMARTS) is 1. The van der Waals surface area contributed by atoms with Gasteiger partial charge in [0.25, 0.3) is 0 Å². The zero-order valence-electron chi connectivity index (χ0n) is 8.74. The molecule has 1 rings (SSSR count). The van der Waals surface area contributed by atoms with Crippen molar-refractivity contribution in [2.75, 3.05) is 0 Å². The molecular formula is C9H14N2O3. The van der Waals surface area contributed by atoms with Crippen molar-refractivity contribution in [1.29, 1.82) is 0 Å². The number of aryl methyl sites for hydroxylation is 2. The predicted octanol–water partition coefficient (Wildman–Crippen LogP) is 1.21. The first-order valence-corrected chi connectivity index (χ1v) is 4.37. The third kappa shape index (κ3) is 1.86. The molecule has 0 atom stereocenters. The first-order valence-electron chi connectivity index (χ1n) is 4.37. The Labute approximate surface area is 82.3 Å². The van der Waals surface area contributed by atoms with Crippen LogP contribution in [0.3, 0.4) is 0 Å². The zero-order chi connectivity index (χ0) is 10.9. The summed E-state index contributed by atoms with van der Waals surface area (Å²) in [6, 6.07) is 0. The van der Waals surface area contributed by atoms with Crippen LogP contribution in [-0.4, -0.2) is 27.0 Å². The van der Waals surface area contributed by atoms with Crippen molar-refractivity contribution in [2.24, 2.45) is 7.05 Å². The van der Waals surface area contributed by atoms with Crippen LogP contribution in [0.15, 0.2) is 0 Å². The summed E-state index contributed by atoms with van der Waals surface area (Å²) >= 11 is 0. The van der Waals surface area contributed by atoms with Crippen molar-refractivity contribution in [2.45, 2.75) is 26.9 Å². The van der Waals surface area contributed by atoms with E-state index in [1.165, 1.54) is 4.68 Å². The average molecular weight is 198 g/mol. The van der Waals surface area contributed by atoms with E-state index in [1.54, 1.807) is 14.0 Å². The van der Waals surface area contributed by atoms with Crippen LogP contribution in [0.2, 0.25) is 0 Å². The molecule has 14 heavy (non-hydrogen) atoms. The first kappa shape index (κ1) is 10.6. The van der Waals surface area contributed by atoms with Gasteiger partial charge in [-0.25, -0.2) is 9.48 Å². The van der Waals surface area contributed by atoms with E-state index < -0.39 is 5.97 Å². The molecule has 5 heteroatoms. The van der Waals surface area contributed by atoms with Crippen molar-refractivity contribution in [3.8, 4) is 5.88 Å². The number of aromatic carboxylic acids is 1. The van der Waals surface area contributed by atoms with Crippen LogP contribution in [0.25, 0.3) is 0 Å². The van der Waals surface area contributed by atoms with Crippen LogP contribution in [-0.2, 0) is 7.05 Å². The molecule has 0 radical (unpaired) electrons. The standard InChI is InChI=1S/C9H14N2O3/c1-5(2)14-8-7(9(12)13)6(3)10-11(8)4/h5H,1-4H3,(H,12,13). The van der Waals surface area contributed by atoms with Crippen LogP contribution in [0, 0.1) is 6.92 Å². The molecule has 0 amide bonds. The summed E-state index contributed by atoms with van der Waals surface area (Å²) in [6.45, 7) is 5.33. The highest BCUT2D eigenvalue weighted by Gasteiger charge is 2.21. The van der Waals surface area contributed by atoms with E-state index >= 15 is 0 Å². The Balaban J connectivity index is 3.18. The Morgan fingerprint density at radius 2 is 2.14 bits per heavy atom. The van der Waals surface area contributed by atoms with Gasteiger partial charge in [0.05, 0.1) is 11.8 Å². The molecule has 1 aromatic heterocycles. The summed E-state index contributed by atoms with van der Waals surface area (Å²) in [7, 11) is 1.66. The number of hydrogen-bond donors (Lipinski definition) is 1. The molecule has 0 unspecified atom stereocenters. The quantitative estimate of drug-likeness (QED) is 0.792. The molecule has 1 heterocycles. The number of hydrogen-bond acceptors (Lipinski definition) is 3. The normalized spacial score (nSPS) is 10.6. The Morgan fingerprint density at radius 1 is 1.57 bits per heavy atom. The summed E-state index contributed by atoms with van der Waals surface area (Å²) < 4.78 is 6.82. The Morgan fingerprint density at radius 3 is 2.57 bits per heavy atom. The number of carboxylic acids is 1. The van der Waals surface area contributed by atoms with Gasteiger partial charge in [-0.1, -0.05) is 0 Å². The van der Waals surface area contributed by atoms with Crippen molar-refractivity contribution in [3.05, 3.63) is 11.3 Å². The summed E-state index contributed by atoms with van der Waals surface area (Å²) in [5, 5.41) is 12.9. The fourth-order valence-electron chi connectivity index (χ4n) is 1.24. The molecule has 0 aromatic carbocycles. The number of ether oxygens (including phenoxy) is 1. The Bertz CT molecular complexity index is 355. The van der Waals surface area contributed by atoms with E-state index in [-0.39, 0.29) is 11.7 Å². The maximum Gasteiger partial charge on any atom is 0.343 e. The summed E-state index contributed by atoms with van der Waals surface area (Å²) in [5.74, 6) is -0.698. The fourth-order valence-corrected chi connectivity index (χ4v) is 1.24. The van der Waals surface area contributed by atoms with E-state index in [0.717, 1.165) is 0 Å². The summed E-state index contributed by atoms with van der Waals surface area (Å²) in [4.78, 5) is 10.9. The van der Waals surface area contributed by atoms with Crippen molar-refractivity contribution in [1.82, 2.24) is 9.78 Å². The highest BCUT2D eigenvalue weighted by Crippen LogP contribution is 2.22. The largest absolute Gasteiger partial charge is 0.477 e. The molecule has 0 aliphatic heterocycles. The Kier molecular flexibility index (Phi) is 2.78. The lowest BCUT2D eigenvalue weighted by molar-refractivity contribution is 0.0689. The SMILES string of the molecule is Cc1nn(C)c(OC(C)C)c1C(=O)O. The van der Waals surface area contributed by atoms with E-state index in [4.69, 9.17) is 9.84 Å². The van der Waals surface area contributed by atoms with Crippen molar-refractivity contribution in [3.63, 3.8) is 0 Å². The molecule has 0 spiro atoms. The lowest BCUT2D eigenvalue weighted by Gasteiger charge is -2.10. The van der Waals surface area contributed by atoms with Gasteiger partial charge >= 0.3 is 5.97 Å². The minimum Gasteiger partial charge on any atom is -0.477 e. The maximum atomic E-state index is 10.9. The highest BCUT2D eigenvalue weighted by atomic mass is 16.5. The van der Waals surface area contributed by atoms with E-state index in [2.05, 4.69) is 5.10 Å². The van der Waals surface area contributed by atoms with Crippen LogP contribution in [0.5, 0.6) is 5.88 Å². The molecule has 0 saturated heterocycles. The van der Waals surface area contributed by atoms with Crippen LogP contribution >= 0.6 is 0 Å². The highest BCUT2D eigenvalue weighted by molar-refractivity contribution is 5.91. The van der Waals surface area contributed by atoms with E-state index in [1.807, 2.05) is 13.8 Å². The van der Waals surface area contributed by atoms with Gasteiger partial charge in [0.1, 0.15) is 5.56 Å². The number of aromatic nitrogens is 2. The average Bonchev–Trinajstić information content (AvgIpc) is 2.25. The van der Waals surface area contributed by atoms with Gasteiger partial charge in [0.15, 0.2) is 0 Å². The van der Waals surface area contributed by atoms with Gasteiger partial charge in [0, 0.05) is 7.05 Å². The Hall–Kier alpha value is -1.52. The van der Waals surface area contributed by atoms with Crippen LogP contribution in [0.1, 0.15) is 29.9 Å². The van der Waals surface area contributed by atoms with Crippen molar-refractivity contribution >= 4 is 5.97 Å². The number of carbonyl (C=O) groups is 1. The lowest BCUT2D eigenvalue weighted by atomic mass is 10.2. The second kappa shape index (κ2) is 3.69. The number of rotatable bonds is 3. The van der Waals surface area contributed by atoms with Crippen LogP contribution < -0.4 is 4.74 Å². The molecule has 0 aliphatic carbocycles. The van der Waals surface area contributed by atoms with Gasteiger partial charge in [-0.2, -0.15) is 5.10 Å². The number of nitrogens with zero attached hydrogens (tertiary/aromatic N) is 2. The molecule has 0 saturated carbocycles. The van der Waals surface area contributed by atoms with Gasteiger partial charge in [-0.05, 0) is 20.8 Å². The topological polar surface area (TPSA) is 64.4 Å². The monoisotopic (exact) mass is 198 g/mol. The van der Waals surface area contributed by atoms with Gasteiger partial charge in [-0.3, -0.25) is 0 Å². The molecule has 78 valence electrons. The lowest BCUT2D eigenvalue weighted by Crippen LogP contribution is -2.12. The maximum absolute atomic E-state index is 10.9. The molecule has 0 aliphatic rings. The minimum absolute atomic E-state index is 0.0668. The third-order valence-corrected chi connectivity index (χ3v) is 1.73. The predicted molar refractivity (Wildman–Crippen MR) is 50.7 cm³/mol. The molecular weight excluding hydrogens is 184 g/mol. The summed E-state index contributed by atoms with van der Waals surface area (Å²) in [6.07, 6.45) is -0.0668. The molecule has 0 fully saturated rings. The molecule has 5 nitrogen and oxygen atoms in total. The van der Waals surface area contributed by atoms with Gasteiger partial charge in [-0.15, -0.1) is 0 Å². The second-order valence-electron chi connectivity index (χ2n) is 3.36. The molecule has 0 bridgehead atoms. The van der Waals surface area contributed by atoms with Gasteiger partial charge in [0.2, 0.25) is 5.88 Å². The van der Waals surface area contributed by atoms with Crippen LogP contribution in [0.4, 0.5) is 0 Å². The molecule has 1 N–H and O–H groups in total. The minimum atomic E-state index is -1.01. The second-order valence-corrected chi connectivity index (χ2v) is 3.36. The van der Waals surface area contributed by atoms with Gasteiger partial charge < -0.3 is 9.84 Å². The van der Waals surface area contributed by atoms with Crippen molar-refractivity contribution < 1.29 is 14.6 Å². The fraction of sp³-hybridized carbons (Fsp3) is 0.556. The van der Waals surface area contributed by atoms with E-state index in [9.17, 15) is 4.79 Å². The summed E-state index contributed by atoms with van der Waals surface area (Å²) in [5.41, 5.74) is 0.608. The molecule has 1 aromatic rings. The first-order chi connectivity index (χ1) is 6.43. The van der Waals surface area contributed by atoms with E-state index in [0.29, 0.717) is 11.6 Å². The third-order valence-electron chi connectivity index (χ3n) is 1.73. The smallest absolute Gasteiger partial charge is 0.343 e. The zero-order valence-corrected chi connectivity index (χ0v) is 8.74.